The van der Waals surface area contributed by atoms with Gasteiger partial charge in [-0.3, -0.25) is 19.7 Å². The zero-order valence-electron chi connectivity index (χ0n) is 18.5. The molecule has 6 atom stereocenters. The van der Waals surface area contributed by atoms with Gasteiger partial charge in [0.15, 0.2) is 0 Å². The Morgan fingerprint density at radius 3 is 2.69 bits per heavy atom. The first kappa shape index (κ1) is 20.8. The van der Waals surface area contributed by atoms with Gasteiger partial charge in [-0.15, -0.1) is 11.3 Å². The quantitative estimate of drug-likeness (QED) is 0.369. The highest BCUT2D eigenvalue weighted by molar-refractivity contribution is 7.17. The third-order valence-corrected chi connectivity index (χ3v) is 9.79. The van der Waals surface area contributed by atoms with Crippen LogP contribution >= 0.6 is 11.3 Å². The summed E-state index contributed by atoms with van der Waals surface area (Å²) in [6.07, 6.45) is 4.12. The number of hydrogen-bond donors (Lipinski definition) is 0. The molecule has 2 bridgehead atoms. The average Bonchev–Trinajstić information content (AvgIpc) is 3.65. The van der Waals surface area contributed by atoms with Gasteiger partial charge in [0.25, 0.3) is 5.69 Å². The van der Waals surface area contributed by atoms with Crippen molar-refractivity contribution in [2.24, 2.45) is 34.7 Å². The van der Waals surface area contributed by atoms with Crippen molar-refractivity contribution in [3.63, 3.8) is 0 Å². The van der Waals surface area contributed by atoms with Gasteiger partial charge in [-0.25, -0.2) is 4.90 Å². The normalized spacial score (nSPS) is 32.1. The predicted octanol–water partition coefficient (Wildman–Crippen LogP) is 3.58. The number of nitro benzene ring substituents is 1. The highest BCUT2D eigenvalue weighted by Gasteiger charge is 2.70. The SMILES string of the molecule is N#Cc1c(N2C(=O)[C@@H]3[C@H]4C[C@@H]([C@@H]5ON=C(c6cccc([N+](=O)[O-])c6)[C@@H]45)[C@H]3C2=O)sc2c1CCCC2. The molecule has 0 N–H and O–H groups in total. The smallest absolute Gasteiger partial charge is 0.270 e. The minimum atomic E-state index is -0.481. The number of non-ortho nitro benzene ring substituents is 1. The Balaban J connectivity index is 1.24. The van der Waals surface area contributed by atoms with E-state index in [-0.39, 0.29) is 41.4 Å². The molecule has 35 heavy (non-hydrogen) atoms. The van der Waals surface area contributed by atoms with Crippen LogP contribution in [-0.2, 0) is 27.3 Å². The van der Waals surface area contributed by atoms with E-state index >= 15 is 0 Å². The van der Waals surface area contributed by atoms with Gasteiger partial charge < -0.3 is 4.84 Å². The first-order valence-corrected chi connectivity index (χ1v) is 12.7. The summed E-state index contributed by atoms with van der Waals surface area (Å²) in [5.41, 5.74) is 2.68. The molecule has 0 radical (unpaired) electrons. The molecule has 1 aromatic heterocycles. The van der Waals surface area contributed by atoms with Crippen LogP contribution in [0.25, 0.3) is 0 Å². The van der Waals surface area contributed by atoms with Crippen LogP contribution in [0.15, 0.2) is 29.4 Å². The van der Waals surface area contributed by atoms with Crippen LogP contribution in [0.5, 0.6) is 0 Å². The summed E-state index contributed by atoms with van der Waals surface area (Å²) in [5, 5.41) is 25.9. The van der Waals surface area contributed by atoms with Crippen LogP contribution in [0.3, 0.4) is 0 Å². The topological polar surface area (TPSA) is 126 Å². The molecule has 2 aromatic rings. The number of thiophene rings is 1. The van der Waals surface area contributed by atoms with Gasteiger partial charge in [0.05, 0.1) is 28.0 Å². The molecule has 2 saturated carbocycles. The van der Waals surface area contributed by atoms with Gasteiger partial charge in [-0.1, -0.05) is 17.3 Å². The number of anilines is 1. The van der Waals surface area contributed by atoms with E-state index in [1.165, 1.54) is 28.4 Å². The molecule has 176 valence electrons. The minimum absolute atomic E-state index is 0.0290. The van der Waals surface area contributed by atoms with Crippen LogP contribution in [0, 0.1) is 51.0 Å². The third-order valence-electron chi connectivity index (χ3n) is 8.51. The number of aryl methyl sites for hydroxylation is 1. The van der Waals surface area contributed by atoms with Gasteiger partial charge in [-0.2, -0.15) is 5.26 Å². The van der Waals surface area contributed by atoms with Crippen LogP contribution in [0.4, 0.5) is 10.7 Å². The van der Waals surface area contributed by atoms with E-state index in [1.54, 1.807) is 12.1 Å². The molecule has 3 heterocycles. The van der Waals surface area contributed by atoms with Crippen LogP contribution in [-0.4, -0.2) is 28.6 Å². The maximum Gasteiger partial charge on any atom is 0.270 e. The number of nitrogens with zero attached hydrogens (tertiary/aromatic N) is 4. The molecule has 7 rings (SSSR count). The summed E-state index contributed by atoms with van der Waals surface area (Å²) in [4.78, 5) is 46.5. The number of imide groups is 1. The van der Waals surface area contributed by atoms with E-state index in [9.17, 15) is 25.0 Å². The lowest BCUT2D eigenvalue weighted by Gasteiger charge is -2.29. The summed E-state index contributed by atoms with van der Waals surface area (Å²) in [5.74, 6) is -1.87. The van der Waals surface area contributed by atoms with E-state index in [0.717, 1.165) is 36.1 Å². The number of carbonyl (C=O) groups is 2. The molecular formula is C25H20N4O5S. The summed E-state index contributed by atoms with van der Waals surface area (Å²) < 4.78 is 0. The first-order chi connectivity index (χ1) is 17.0. The Morgan fingerprint density at radius 2 is 1.91 bits per heavy atom. The van der Waals surface area contributed by atoms with Crippen molar-refractivity contribution < 1.29 is 19.3 Å². The number of carbonyl (C=O) groups excluding carboxylic acids is 2. The molecule has 3 aliphatic carbocycles. The van der Waals surface area contributed by atoms with Gasteiger partial charge in [-0.05, 0) is 43.6 Å². The van der Waals surface area contributed by atoms with Crippen molar-refractivity contribution in [2.45, 2.75) is 38.2 Å². The number of benzene rings is 1. The number of nitro groups is 1. The minimum Gasteiger partial charge on any atom is -0.391 e. The van der Waals surface area contributed by atoms with E-state index in [2.05, 4.69) is 11.2 Å². The van der Waals surface area contributed by atoms with Gasteiger partial charge in [0, 0.05) is 34.4 Å². The fraction of sp³-hybridized carbons (Fsp3) is 0.440. The maximum absolute atomic E-state index is 13.8. The second kappa shape index (κ2) is 7.21. The Bertz CT molecular complexity index is 1410. The third kappa shape index (κ3) is 2.64. The Kier molecular flexibility index (Phi) is 4.28. The van der Waals surface area contributed by atoms with Gasteiger partial charge in [0.2, 0.25) is 11.8 Å². The number of hydrogen-bond acceptors (Lipinski definition) is 8. The highest BCUT2D eigenvalue weighted by Crippen LogP contribution is 2.62. The van der Waals surface area contributed by atoms with Crippen molar-refractivity contribution in [1.82, 2.24) is 0 Å². The molecule has 3 fully saturated rings. The zero-order chi connectivity index (χ0) is 24.0. The first-order valence-electron chi connectivity index (χ1n) is 11.9. The summed E-state index contributed by atoms with van der Waals surface area (Å²) in [7, 11) is 0. The Labute approximate surface area is 204 Å². The molecule has 9 nitrogen and oxygen atoms in total. The molecule has 0 unspecified atom stereocenters. The van der Waals surface area contributed by atoms with Crippen molar-refractivity contribution in [3.05, 3.63) is 55.9 Å². The molecule has 1 saturated heterocycles. The number of amides is 2. The summed E-state index contributed by atoms with van der Waals surface area (Å²) in [6, 6.07) is 8.57. The van der Waals surface area contributed by atoms with Crippen molar-refractivity contribution in [2.75, 3.05) is 4.90 Å². The molecule has 5 aliphatic rings. The highest BCUT2D eigenvalue weighted by atomic mass is 32.1. The molecule has 1 aromatic carbocycles. The Hall–Kier alpha value is -3.58. The van der Waals surface area contributed by atoms with Crippen molar-refractivity contribution >= 4 is 39.6 Å². The summed E-state index contributed by atoms with van der Waals surface area (Å²) in [6.45, 7) is 0. The number of oxime groups is 1. The maximum atomic E-state index is 13.8. The van der Waals surface area contributed by atoms with E-state index < -0.39 is 16.8 Å². The fourth-order valence-electron chi connectivity index (χ4n) is 7.17. The van der Waals surface area contributed by atoms with Gasteiger partial charge in [0.1, 0.15) is 17.2 Å². The fourth-order valence-corrected chi connectivity index (χ4v) is 8.52. The number of rotatable bonds is 3. The lowest BCUT2D eigenvalue weighted by molar-refractivity contribution is -0.384. The Morgan fingerprint density at radius 1 is 1.14 bits per heavy atom. The van der Waals surface area contributed by atoms with E-state index in [1.807, 2.05) is 0 Å². The van der Waals surface area contributed by atoms with E-state index in [4.69, 9.17) is 4.84 Å². The zero-order valence-corrected chi connectivity index (χ0v) is 19.4. The largest absolute Gasteiger partial charge is 0.391 e. The van der Waals surface area contributed by atoms with Gasteiger partial charge >= 0.3 is 0 Å². The summed E-state index contributed by atoms with van der Waals surface area (Å²) >= 11 is 1.42. The van der Waals surface area contributed by atoms with Crippen molar-refractivity contribution in [3.8, 4) is 6.07 Å². The van der Waals surface area contributed by atoms with Crippen LogP contribution in [0.1, 0.15) is 40.8 Å². The molecule has 10 heteroatoms. The average molecular weight is 489 g/mol. The molecule has 2 amide bonds. The number of nitriles is 1. The standard InChI is InChI=1S/C25H20N4O5S/c26-10-16-13-6-1-2-7-17(13)35-25(16)28-23(30)18-14-9-15(19(18)24(28)31)22-20(14)21(27-34-22)11-4-3-5-12(8-11)29(32)33/h3-5,8,14-15,18-20,22H,1-2,6-7,9H2/t14-,15-,18-,19-,20-,22+/m1/s1. The second-order valence-electron chi connectivity index (χ2n) is 10.0. The molecular weight excluding hydrogens is 468 g/mol. The number of fused-ring (bicyclic) bond motifs is 9. The monoisotopic (exact) mass is 488 g/mol. The van der Waals surface area contributed by atoms with Crippen LogP contribution < -0.4 is 4.90 Å². The van der Waals surface area contributed by atoms with Crippen LogP contribution in [0.2, 0.25) is 0 Å². The predicted molar refractivity (Wildman–Crippen MR) is 125 cm³/mol. The lowest BCUT2D eigenvalue weighted by atomic mass is 9.71. The van der Waals surface area contributed by atoms with E-state index in [0.29, 0.717) is 28.3 Å². The van der Waals surface area contributed by atoms with Crippen molar-refractivity contribution in [1.29, 1.82) is 5.26 Å². The molecule has 0 spiro atoms. The lowest BCUT2D eigenvalue weighted by Crippen LogP contribution is -2.41. The molecule has 2 aliphatic heterocycles. The second-order valence-corrected chi connectivity index (χ2v) is 11.1.